The van der Waals surface area contributed by atoms with Gasteiger partial charge in [0.2, 0.25) is 5.90 Å². The van der Waals surface area contributed by atoms with Crippen molar-refractivity contribution in [3.63, 3.8) is 0 Å². The highest BCUT2D eigenvalue weighted by Crippen LogP contribution is 2.26. The number of hydrogen-bond acceptors (Lipinski definition) is 3. The number of benzene rings is 1. The van der Waals surface area contributed by atoms with E-state index in [1.807, 2.05) is 30.3 Å². The van der Waals surface area contributed by atoms with Gasteiger partial charge in [0.25, 0.3) is 0 Å². The predicted molar refractivity (Wildman–Crippen MR) is 50.8 cm³/mol. The molecule has 2 nitrogen and oxygen atoms in total. The first kappa shape index (κ1) is 7.43. The van der Waals surface area contributed by atoms with Crippen LogP contribution in [0.1, 0.15) is 5.56 Å². The number of ether oxygens (including phenoxy) is 1. The number of hydrogen-bond donors (Lipinski definition) is 0. The van der Waals surface area contributed by atoms with E-state index in [9.17, 15) is 0 Å². The summed E-state index contributed by atoms with van der Waals surface area (Å²) in [6.45, 7) is 3.66. The highest BCUT2D eigenvalue weighted by Gasteiger charge is 2.13. The third-order valence-corrected chi connectivity index (χ3v) is 2.01. The van der Waals surface area contributed by atoms with E-state index in [0.717, 1.165) is 5.56 Å². The standard InChI is InChI=1S/C9H7NOS/c1-7-11-9(10-12-7)8-5-3-2-4-6-8/h2-6H,1H2. The quantitative estimate of drug-likeness (QED) is 0.615. The SMILES string of the molecule is C=C1OC(c2ccccc2)=NS1. The Hall–Kier alpha value is -1.22. The van der Waals surface area contributed by atoms with Crippen LogP contribution < -0.4 is 0 Å². The molecule has 0 unspecified atom stereocenters. The average Bonchev–Trinajstić information content (AvgIpc) is 2.54. The third-order valence-electron chi connectivity index (χ3n) is 1.46. The Morgan fingerprint density at radius 3 is 2.58 bits per heavy atom. The molecule has 0 bridgehead atoms. The summed E-state index contributed by atoms with van der Waals surface area (Å²) in [6, 6.07) is 9.77. The molecule has 60 valence electrons. The van der Waals surface area contributed by atoms with E-state index in [-0.39, 0.29) is 0 Å². The van der Waals surface area contributed by atoms with Crippen molar-refractivity contribution in [2.24, 2.45) is 4.40 Å². The van der Waals surface area contributed by atoms with Crippen molar-refractivity contribution in [1.29, 1.82) is 0 Å². The van der Waals surface area contributed by atoms with Crippen molar-refractivity contribution >= 4 is 17.8 Å². The molecule has 1 aromatic rings. The highest BCUT2D eigenvalue weighted by atomic mass is 32.2. The van der Waals surface area contributed by atoms with Crippen LogP contribution in [0.4, 0.5) is 0 Å². The van der Waals surface area contributed by atoms with Gasteiger partial charge in [-0.1, -0.05) is 18.2 Å². The molecular weight excluding hydrogens is 170 g/mol. The summed E-state index contributed by atoms with van der Waals surface area (Å²) >= 11 is 1.27. The lowest BCUT2D eigenvalue weighted by Crippen LogP contribution is -1.98. The Balaban J connectivity index is 2.28. The first-order valence-corrected chi connectivity index (χ1v) is 4.31. The van der Waals surface area contributed by atoms with Gasteiger partial charge in [-0.05, 0) is 18.7 Å². The second kappa shape index (κ2) is 3.03. The van der Waals surface area contributed by atoms with Crippen LogP contribution in [0.5, 0.6) is 0 Å². The molecule has 0 radical (unpaired) electrons. The summed E-state index contributed by atoms with van der Waals surface area (Å²) in [6.07, 6.45) is 0. The van der Waals surface area contributed by atoms with Crippen molar-refractivity contribution in [3.8, 4) is 0 Å². The molecule has 1 heterocycles. The van der Waals surface area contributed by atoms with E-state index in [1.165, 1.54) is 11.9 Å². The van der Waals surface area contributed by atoms with Gasteiger partial charge in [-0.2, -0.15) is 4.40 Å². The van der Waals surface area contributed by atoms with Gasteiger partial charge in [-0.3, -0.25) is 0 Å². The molecule has 0 spiro atoms. The van der Waals surface area contributed by atoms with E-state index in [0.29, 0.717) is 11.0 Å². The summed E-state index contributed by atoms with van der Waals surface area (Å²) in [5.41, 5.74) is 0.989. The van der Waals surface area contributed by atoms with Crippen molar-refractivity contribution in [3.05, 3.63) is 47.6 Å². The zero-order valence-electron chi connectivity index (χ0n) is 6.36. The second-order valence-electron chi connectivity index (χ2n) is 2.33. The van der Waals surface area contributed by atoms with Crippen LogP contribution in [-0.4, -0.2) is 5.90 Å². The van der Waals surface area contributed by atoms with Crippen molar-refractivity contribution in [2.75, 3.05) is 0 Å². The molecule has 0 fully saturated rings. The Labute approximate surface area is 75.1 Å². The summed E-state index contributed by atoms with van der Waals surface area (Å²) in [7, 11) is 0. The van der Waals surface area contributed by atoms with Crippen LogP contribution in [0, 0.1) is 0 Å². The first-order chi connectivity index (χ1) is 5.86. The van der Waals surface area contributed by atoms with E-state index >= 15 is 0 Å². The molecule has 0 aromatic heterocycles. The topological polar surface area (TPSA) is 21.6 Å². The van der Waals surface area contributed by atoms with Gasteiger partial charge in [0.1, 0.15) is 0 Å². The van der Waals surface area contributed by atoms with Crippen LogP contribution in [0.15, 0.2) is 46.4 Å². The van der Waals surface area contributed by atoms with Crippen LogP contribution in [-0.2, 0) is 4.74 Å². The fourth-order valence-corrected chi connectivity index (χ4v) is 1.37. The van der Waals surface area contributed by atoms with Gasteiger partial charge in [0, 0.05) is 5.56 Å². The molecule has 1 aromatic carbocycles. The average molecular weight is 177 g/mol. The summed E-state index contributed by atoms with van der Waals surface area (Å²) in [4.78, 5) is 0. The molecule has 0 aliphatic carbocycles. The maximum absolute atomic E-state index is 5.27. The van der Waals surface area contributed by atoms with Gasteiger partial charge >= 0.3 is 0 Å². The Kier molecular flexibility index (Phi) is 1.87. The normalized spacial score (nSPS) is 15.7. The lowest BCUT2D eigenvalue weighted by atomic mass is 10.2. The monoisotopic (exact) mass is 177 g/mol. The van der Waals surface area contributed by atoms with Crippen LogP contribution in [0.2, 0.25) is 0 Å². The number of nitrogens with zero attached hydrogens (tertiary/aromatic N) is 1. The second-order valence-corrected chi connectivity index (χ2v) is 3.15. The summed E-state index contributed by atoms with van der Waals surface area (Å²) in [5.74, 6) is 0.644. The molecule has 0 N–H and O–H groups in total. The zero-order chi connectivity index (χ0) is 8.39. The largest absolute Gasteiger partial charge is 0.430 e. The Morgan fingerprint density at radius 1 is 1.25 bits per heavy atom. The zero-order valence-corrected chi connectivity index (χ0v) is 7.17. The minimum atomic E-state index is 0.633. The van der Waals surface area contributed by atoms with Gasteiger partial charge < -0.3 is 4.74 Å². The van der Waals surface area contributed by atoms with E-state index in [1.54, 1.807) is 0 Å². The van der Waals surface area contributed by atoms with E-state index in [2.05, 4.69) is 11.0 Å². The fraction of sp³-hybridized carbons (Fsp3) is 0. The predicted octanol–water partition coefficient (Wildman–Crippen LogP) is 2.58. The third kappa shape index (κ3) is 1.36. The molecule has 0 saturated heterocycles. The molecule has 2 rings (SSSR count). The lowest BCUT2D eigenvalue weighted by molar-refractivity contribution is 0.470. The van der Waals surface area contributed by atoms with Gasteiger partial charge in [-0.15, -0.1) is 0 Å². The lowest BCUT2D eigenvalue weighted by Gasteiger charge is -1.98. The molecule has 1 aliphatic rings. The molecular formula is C9H7NOS. The number of rotatable bonds is 1. The molecule has 1 aliphatic heterocycles. The molecule has 0 saturated carbocycles. The smallest absolute Gasteiger partial charge is 0.234 e. The Morgan fingerprint density at radius 2 is 2.00 bits per heavy atom. The van der Waals surface area contributed by atoms with Gasteiger partial charge in [0.15, 0.2) is 5.09 Å². The highest BCUT2D eigenvalue weighted by molar-refractivity contribution is 8.02. The summed E-state index contributed by atoms with van der Waals surface area (Å²) < 4.78 is 9.36. The minimum absolute atomic E-state index is 0.633. The molecule has 0 amide bonds. The molecule has 0 atom stereocenters. The maximum Gasteiger partial charge on any atom is 0.234 e. The Bertz CT molecular complexity index is 332. The summed E-state index contributed by atoms with van der Waals surface area (Å²) in [5, 5.41) is 0.633. The minimum Gasteiger partial charge on any atom is -0.430 e. The van der Waals surface area contributed by atoms with Crippen molar-refractivity contribution in [1.82, 2.24) is 0 Å². The molecule has 3 heteroatoms. The maximum atomic E-state index is 5.27. The van der Waals surface area contributed by atoms with Crippen LogP contribution in [0.25, 0.3) is 0 Å². The van der Waals surface area contributed by atoms with Crippen molar-refractivity contribution < 1.29 is 4.74 Å². The van der Waals surface area contributed by atoms with Gasteiger partial charge in [0.05, 0.1) is 11.9 Å². The van der Waals surface area contributed by atoms with Crippen LogP contribution >= 0.6 is 11.9 Å². The van der Waals surface area contributed by atoms with E-state index in [4.69, 9.17) is 4.74 Å². The van der Waals surface area contributed by atoms with Crippen LogP contribution in [0.3, 0.4) is 0 Å². The van der Waals surface area contributed by atoms with Crippen molar-refractivity contribution in [2.45, 2.75) is 0 Å². The molecule has 12 heavy (non-hydrogen) atoms. The van der Waals surface area contributed by atoms with Gasteiger partial charge in [-0.25, -0.2) is 0 Å². The fourth-order valence-electron chi connectivity index (χ4n) is 0.930. The van der Waals surface area contributed by atoms with E-state index < -0.39 is 0 Å². The first-order valence-electron chi connectivity index (χ1n) is 3.53.